The third-order valence-electron chi connectivity index (χ3n) is 2.73. The fourth-order valence-corrected chi connectivity index (χ4v) is 1.89. The number of benzene rings is 1. The van der Waals surface area contributed by atoms with E-state index in [0.29, 0.717) is 0 Å². The normalized spacial score (nSPS) is 22.8. The Kier molecular flexibility index (Phi) is 2.99. The van der Waals surface area contributed by atoms with Gasteiger partial charge < -0.3 is 15.4 Å². The van der Waals surface area contributed by atoms with E-state index in [1.54, 1.807) is 19.1 Å². The van der Waals surface area contributed by atoms with Gasteiger partial charge in [0.2, 0.25) is 0 Å². The molecule has 0 spiro atoms. The molecule has 2 rings (SSSR count). The van der Waals surface area contributed by atoms with Gasteiger partial charge in [0.15, 0.2) is 5.54 Å². The lowest BCUT2D eigenvalue weighted by Gasteiger charge is -2.25. The predicted octanol–water partition coefficient (Wildman–Crippen LogP) is 0.758. The van der Waals surface area contributed by atoms with Crippen LogP contribution < -0.4 is 10.6 Å². The van der Waals surface area contributed by atoms with Gasteiger partial charge in [-0.3, -0.25) is 0 Å². The highest BCUT2D eigenvalue weighted by atomic mass is 16.5. The van der Waals surface area contributed by atoms with Crippen molar-refractivity contribution in [2.45, 2.75) is 12.5 Å². The molecule has 1 aliphatic heterocycles. The number of ether oxygens (including phenoxy) is 1. The van der Waals surface area contributed by atoms with Gasteiger partial charge in [-0.1, -0.05) is 30.3 Å². The van der Waals surface area contributed by atoms with Crippen LogP contribution in [0.3, 0.4) is 0 Å². The van der Waals surface area contributed by atoms with E-state index in [0.717, 1.165) is 5.56 Å². The third kappa shape index (κ3) is 1.95. The van der Waals surface area contributed by atoms with E-state index in [2.05, 4.69) is 10.6 Å². The molecule has 1 aromatic carbocycles. The summed E-state index contributed by atoms with van der Waals surface area (Å²) in [6.07, 6.45) is 0. The zero-order valence-corrected chi connectivity index (χ0v) is 9.53. The first-order valence-corrected chi connectivity index (χ1v) is 5.48. The second kappa shape index (κ2) is 4.45. The Morgan fingerprint density at radius 1 is 1.41 bits per heavy atom. The largest absolute Gasteiger partial charge is 0.464 e. The molecule has 1 aromatic rings. The molecular weight excluding hydrogens is 220 g/mol. The predicted molar refractivity (Wildman–Crippen MR) is 61.3 cm³/mol. The van der Waals surface area contributed by atoms with Crippen molar-refractivity contribution in [3.63, 3.8) is 0 Å². The van der Waals surface area contributed by atoms with Crippen molar-refractivity contribution in [2.75, 3.05) is 13.2 Å². The van der Waals surface area contributed by atoms with Crippen LogP contribution in [0.4, 0.5) is 4.79 Å². The first kappa shape index (κ1) is 11.4. The van der Waals surface area contributed by atoms with Crippen LogP contribution >= 0.6 is 0 Å². The van der Waals surface area contributed by atoms with Crippen molar-refractivity contribution < 1.29 is 14.3 Å². The van der Waals surface area contributed by atoms with Gasteiger partial charge in [0.25, 0.3) is 0 Å². The molecule has 0 aliphatic carbocycles. The lowest BCUT2D eigenvalue weighted by Crippen LogP contribution is -2.49. The fraction of sp³-hybridized carbons (Fsp3) is 0.333. The van der Waals surface area contributed by atoms with Crippen molar-refractivity contribution in [3.05, 3.63) is 35.9 Å². The Hall–Kier alpha value is -2.04. The van der Waals surface area contributed by atoms with Gasteiger partial charge >= 0.3 is 12.0 Å². The Labute approximate surface area is 99.2 Å². The van der Waals surface area contributed by atoms with Gasteiger partial charge in [-0.2, -0.15) is 0 Å². The van der Waals surface area contributed by atoms with Crippen LogP contribution in [0, 0.1) is 0 Å². The molecule has 2 amide bonds. The first-order valence-electron chi connectivity index (χ1n) is 5.48. The van der Waals surface area contributed by atoms with Crippen LogP contribution in [0.15, 0.2) is 30.3 Å². The number of carbonyl (C=O) groups is 2. The van der Waals surface area contributed by atoms with Gasteiger partial charge in [0.1, 0.15) is 0 Å². The molecular formula is C12H14N2O3. The van der Waals surface area contributed by atoms with Crippen LogP contribution in [0.25, 0.3) is 0 Å². The van der Waals surface area contributed by atoms with Gasteiger partial charge in [0, 0.05) is 0 Å². The van der Waals surface area contributed by atoms with Crippen LogP contribution in [0.1, 0.15) is 12.5 Å². The smallest absolute Gasteiger partial charge is 0.338 e. The number of carbonyl (C=O) groups excluding carboxylic acids is 2. The summed E-state index contributed by atoms with van der Waals surface area (Å²) in [4.78, 5) is 23.3. The molecule has 5 heteroatoms. The molecule has 2 N–H and O–H groups in total. The maximum Gasteiger partial charge on any atom is 0.338 e. The average Bonchev–Trinajstić information content (AvgIpc) is 2.74. The van der Waals surface area contributed by atoms with E-state index in [1.165, 1.54) is 0 Å². The maximum absolute atomic E-state index is 12.0. The molecule has 90 valence electrons. The number of rotatable bonds is 3. The third-order valence-corrected chi connectivity index (χ3v) is 2.73. The van der Waals surface area contributed by atoms with E-state index in [1.807, 2.05) is 18.2 Å². The number of hydrogen-bond acceptors (Lipinski definition) is 3. The Morgan fingerprint density at radius 3 is 2.65 bits per heavy atom. The van der Waals surface area contributed by atoms with Gasteiger partial charge in [-0.15, -0.1) is 0 Å². The molecule has 0 radical (unpaired) electrons. The molecule has 1 aliphatic rings. The van der Waals surface area contributed by atoms with Crippen LogP contribution in [0.2, 0.25) is 0 Å². The van der Waals surface area contributed by atoms with Crippen molar-refractivity contribution in [1.82, 2.24) is 10.6 Å². The quantitative estimate of drug-likeness (QED) is 0.759. The molecule has 5 nitrogen and oxygen atoms in total. The number of hydrogen-bond donors (Lipinski definition) is 2. The molecule has 1 unspecified atom stereocenters. The standard InChI is InChI=1S/C12H14N2O3/c1-2-17-10(15)12(8-13-11(16)14-12)9-6-4-3-5-7-9/h3-7H,2,8H2,1H3,(H2,13,14,16). The molecule has 0 aromatic heterocycles. The molecule has 1 saturated heterocycles. The van der Waals surface area contributed by atoms with Crippen molar-refractivity contribution in [3.8, 4) is 0 Å². The number of nitrogens with one attached hydrogen (secondary N) is 2. The van der Waals surface area contributed by atoms with Gasteiger partial charge in [-0.25, -0.2) is 9.59 Å². The topological polar surface area (TPSA) is 67.4 Å². The van der Waals surface area contributed by atoms with Crippen molar-refractivity contribution in [1.29, 1.82) is 0 Å². The lowest BCUT2D eigenvalue weighted by molar-refractivity contribution is -0.150. The number of amides is 2. The Morgan fingerprint density at radius 2 is 2.12 bits per heavy atom. The number of urea groups is 1. The molecule has 1 heterocycles. The lowest BCUT2D eigenvalue weighted by atomic mass is 9.91. The summed E-state index contributed by atoms with van der Waals surface area (Å²) in [5, 5.41) is 5.24. The second-order valence-electron chi connectivity index (χ2n) is 3.80. The molecule has 0 saturated carbocycles. The zero-order chi connectivity index (χ0) is 12.3. The second-order valence-corrected chi connectivity index (χ2v) is 3.80. The van der Waals surface area contributed by atoms with Crippen LogP contribution in [-0.4, -0.2) is 25.2 Å². The molecule has 1 atom stereocenters. The maximum atomic E-state index is 12.0. The zero-order valence-electron chi connectivity index (χ0n) is 9.53. The summed E-state index contributed by atoms with van der Waals surface area (Å²) in [6.45, 7) is 2.22. The first-order chi connectivity index (χ1) is 8.19. The summed E-state index contributed by atoms with van der Waals surface area (Å²) >= 11 is 0. The molecule has 17 heavy (non-hydrogen) atoms. The molecule has 0 bridgehead atoms. The highest BCUT2D eigenvalue weighted by molar-refractivity contribution is 5.92. The Bertz CT molecular complexity index is 433. The Balaban J connectivity index is 2.38. The minimum Gasteiger partial charge on any atom is -0.464 e. The van der Waals surface area contributed by atoms with Crippen molar-refractivity contribution in [2.24, 2.45) is 0 Å². The van der Waals surface area contributed by atoms with E-state index >= 15 is 0 Å². The van der Waals surface area contributed by atoms with E-state index in [4.69, 9.17) is 4.74 Å². The highest BCUT2D eigenvalue weighted by Gasteiger charge is 2.47. The summed E-state index contributed by atoms with van der Waals surface area (Å²) in [7, 11) is 0. The van der Waals surface area contributed by atoms with E-state index in [9.17, 15) is 9.59 Å². The average molecular weight is 234 g/mol. The summed E-state index contributed by atoms with van der Waals surface area (Å²) in [5.74, 6) is -0.440. The van der Waals surface area contributed by atoms with E-state index in [-0.39, 0.29) is 19.2 Å². The monoisotopic (exact) mass is 234 g/mol. The minimum atomic E-state index is -1.10. The molecule has 1 fully saturated rings. The summed E-state index contributed by atoms with van der Waals surface area (Å²) in [5.41, 5.74) is -0.384. The van der Waals surface area contributed by atoms with Gasteiger partial charge in [0.05, 0.1) is 13.2 Å². The number of esters is 1. The summed E-state index contributed by atoms with van der Waals surface area (Å²) in [6, 6.07) is 8.73. The van der Waals surface area contributed by atoms with E-state index < -0.39 is 11.5 Å². The highest BCUT2D eigenvalue weighted by Crippen LogP contribution is 2.25. The van der Waals surface area contributed by atoms with Gasteiger partial charge in [-0.05, 0) is 12.5 Å². The minimum absolute atomic E-state index is 0.203. The van der Waals surface area contributed by atoms with Crippen LogP contribution in [-0.2, 0) is 15.1 Å². The fourth-order valence-electron chi connectivity index (χ4n) is 1.89. The SMILES string of the molecule is CCOC(=O)C1(c2ccccc2)CNC(=O)N1. The van der Waals surface area contributed by atoms with Crippen molar-refractivity contribution >= 4 is 12.0 Å². The summed E-state index contributed by atoms with van der Waals surface area (Å²) < 4.78 is 5.04. The van der Waals surface area contributed by atoms with Crippen LogP contribution in [0.5, 0.6) is 0 Å².